The van der Waals surface area contributed by atoms with Gasteiger partial charge >= 0.3 is 0 Å². The maximum absolute atomic E-state index is 12.5. The molecule has 0 saturated heterocycles. The number of halogens is 2. The number of primary amides is 1. The van der Waals surface area contributed by atoms with Gasteiger partial charge in [0, 0.05) is 17.6 Å². The summed E-state index contributed by atoms with van der Waals surface area (Å²) in [5.74, 6) is -0.972. The Bertz CT molecular complexity index is 542. The topological polar surface area (TPSA) is 63.4 Å². The van der Waals surface area contributed by atoms with Crippen LogP contribution in [0.25, 0.3) is 0 Å². The lowest BCUT2D eigenvalue weighted by molar-refractivity contribution is 0.0747. The third-order valence-corrected chi connectivity index (χ3v) is 3.64. The first-order chi connectivity index (χ1) is 8.95. The van der Waals surface area contributed by atoms with Gasteiger partial charge in [-0.3, -0.25) is 9.59 Å². The number of rotatable bonds is 4. The predicted octanol–water partition coefficient (Wildman–Crippen LogP) is 2.72. The Balaban J connectivity index is 2.47. The summed E-state index contributed by atoms with van der Waals surface area (Å²) in [6, 6.07) is 3.10. The Morgan fingerprint density at radius 2 is 2.00 bits per heavy atom. The molecule has 102 valence electrons. The molecule has 0 atom stereocenters. The molecule has 2 N–H and O–H groups in total. The van der Waals surface area contributed by atoms with Gasteiger partial charge in [-0.15, -0.1) is 0 Å². The number of hydrogen-bond donors (Lipinski definition) is 1. The molecule has 1 saturated carbocycles. The summed E-state index contributed by atoms with van der Waals surface area (Å²) in [6.45, 7) is 2.47. The van der Waals surface area contributed by atoms with Crippen molar-refractivity contribution in [2.75, 3.05) is 6.54 Å². The van der Waals surface area contributed by atoms with Crippen molar-refractivity contribution in [3.8, 4) is 0 Å². The normalized spacial score (nSPS) is 14.3. The molecule has 6 heteroatoms. The summed E-state index contributed by atoms with van der Waals surface area (Å²) >= 11 is 11.9. The number of nitrogens with two attached hydrogens (primary N) is 1. The van der Waals surface area contributed by atoms with E-state index in [1.54, 1.807) is 4.90 Å². The van der Waals surface area contributed by atoms with Crippen LogP contribution in [0.15, 0.2) is 12.1 Å². The lowest BCUT2D eigenvalue weighted by Crippen LogP contribution is -2.34. The molecule has 0 heterocycles. The molecule has 0 aliphatic heterocycles. The molecule has 1 fully saturated rings. The summed E-state index contributed by atoms with van der Waals surface area (Å²) in [6.07, 6.45) is 1.97. The first-order valence-corrected chi connectivity index (χ1v) is 6.81. The van der Waals surface area contributed by atoms with E-state index < -0.39 is 5.91 Å². The van der Waals surface area contributed by atoms with E-state index >= 15 is 0 Å². The van der Waals surface area contributed by atoms with Crippen LogP contribution in [0.2, 0.25) is 10.0 Å². The monoisotopic (exact) mass is 300 g/mol. The van der Waals surface area contributed by atoms with Crippen molar-refractivity contribution in [3.05, 3.63) is 33.3 Å². The number of carbonyl (C=O) groups excluding carboxylic acids is 2. The van der Waals surface area contributed by atoms with Gasteiger partial charge in [-0.25, -0.2) is 0 Å². The van der Waals surface area contributed by atoms with Crippen molar-refractivity contribution in [3.63, 3.8) is 0 Å². The van der Waals surface area contributed by atoms with Crippen molar-refractivity contribution in [2.45, 2.75) is 25.8 Å². The van der Waals surface area contributed by atoms with Crippen LogP contribution < -0.4 is 5.73 Å². The van der Waals surface area contributed by atoms with Gasteiger partial charge in [0.2, 0.25) is 0 Å². The largest absolute Gasteiger partial charge is 0.366 e. The number of carbonyl (C=O) groups is 2. The molecule has 0 unspecified atom stereocenters. The molecule has 1 aliphatic carbocycles. The second kappa shape index (κ2) is 5.39. The Morgan fingerprint density at radius 3 is 2.47 bits per heavy atom. The van der Waals surface area contributed by atoms with Crippen LogP contribution in [0, 0.1) is 0 Å². The van der Waals surface area contributed by atoms with Gasteiger partial charge in [0.1, 0.15) is 0 Å². The van der Waals surface area contributed by atoms with Gasteiger partial charge in [0.25, 0.3) is 11.8 Å². The lowest BCUT2D eigenvalue weighted by atomic mass is 10.1. The van der Waals surface area contributed by atoms with Crippen LogP contribution in [0.5, 0.6) is 0 Å². The number of hydrogen-bond acceptors (Lipinski definition) is 2. The van der Waals surface area contributed by atoms with Crippen molar-refractivity contribution in [1.82, 2.24) is 4.90 Å². The van der Waals surface area contributed by atoms with E-state index in [1.165, 1.54) is 12.1 Å². The van der Waals surface area contributed by atoms with Gasteiger partial charge in [-0.1, -0.05) is 23.2 Å². The highest BCUT2D eigenvalue weighted by molar-refractivity contribution is 6.37. The van der Waals surface area contributed by atoms with Crippen LogP contribution in [0.3, 0.4) is 0 Å². The molecule has 0 radical (unpaired) electrons. The second-order valence-electron chi connectivity index (χ2n) is 4.50. The molecule has 0 aromatic heterocycles. The minimum absolute atomic E-state index is 0.0372. The number of benzene rings is 1. The predicted molar refractivity (Wildman–Crippen MR) is 74.7 cm³/mol. The highest BCUT2D eigenvalue weighted by Gasteiger charge is 2.33. The zero-order valence-corrected chi connectivity index (χ0v) is 12.0. The zero-order valence-electron chi connectivity index (χ0n) is 10.5. The Morgan fingerprint density at radius 1 is 1.37 bits per heavy atom. The molecule has 1 aromatic carbocycles. The van der Waals surface area contributed by atoms with Gasteiger partial charge < -0.3 is 10.6 Å². The molecular formula is C13H14Cl2N2O2. The summed E-state index contributed by atoms with van der Waals surface area (Å²) in [5, 5.41) is 0.417. The molecule has 2 amide bonds. The van der Waals surface area contributed by atoms with Gasteiger partial charge in [-0.2, -0.15) is 0 Å². The molecular weight excluding hydrogens is 287 g/mol. The maximum Gasteiger partial charge on any atom is 0.255 e. The van der Waals surface area contributed by atoms with Gasteiger partial charge in [0.15, 0.2) is 0 Å². The summed E-state index contributed by atoms with van der Waals surface area (Å²) < 4.78 is 0. The molecule has 0 spiro atoms. The van der Waals surface area contributed by atoms with Crippen molar-refractivity contribution in [1.29, 1.82) is 0 Å². The van der Waals surface area contributed by atoms with E-state index in [0.29, 0.717) is 11.6 Å². The minimum atomic E-state index is -0.725. The van der Waals surface area contributed by atoms with Crippen molar-refractivity contribution < 1.29 is 9.59 Å². The molecule has 1 aliphatic rings. The fourth-order valence-corrected chi connectivity index (χ4v) is 2.69. The highest BCUT2D eigenvalue weighted by atomic mass is 35.5. The lowest BCUT2D eigenvalue weighted by Gasteiger charge is -2.22. The number of nitrogens with zero attached hydrogens (tertiary/aromatic N) is 1. The second-order valence-corrected chi connectivity index (χ2v) is 5.34. The molecule has 4 nitrogen and oxygen atoms in total. The summed E-state index contributed by atoms with van der Waals surface area (Å²) in [5.41, 5.74) is 5.52. The van der Waals surface area contributed by atoms with E-state index in [4.69, 9.17) is 28.9 Å². The standard InChI is InChI=1S/C13H14Cl2N2O2/c1-2-17(8-3-4-8)13(19)9-5-7(14)6-10(15)11(9)12(16)18/h5-6,8H,2-4H2,1H3,(H2,16,18). The van der Waals surface area contributed by atoms with Gasteiger partial charge in [-0.05, 0) is 31.9 Å². The van der Waals surface area contributed by atoms with Gasteiger partial charge in [0.05, 0.1) is 16.1 Å². The van der Waals surface area contributed by atoms with Crippen LogP contribution in [-0.4, -0.2) is 29.3 Å². The molecule has 0 bridgehead atoms. The third-order valence-electron chi connectivity index (χ3n) is 3.12. The van der Waals surface area contributed by atoms with Crippen LogP contribution >= 0.6 is 23.2 Å². The van der Waals surface area contributed by atoms with E-state index in [9.17, 15) is 9.59 Å². The molecule has 19 heavy (non-hydrogen) atoms. The number of amides is 2. The maximum atomic E-state index is 12.5. The summed E-state index contributed by atoms with van der Waals surface area (Å²) in [7, 11) is 0. The van der Waals surface area contributed by atoms with E-state index in [1.807, 2.05) is 6.92 Å². The average molecular weight is 301 g/mol. The quantitative estimate of drug-likeness (QED) is 0.929. The first kappa shape index (κ1) is 14.2. The molecule has 1 aromatic rings. The Labute approximate surface area is 121 Å². The molecule has 2 rings (SSSR count). The van der Waals surface area contributed by atoms with E-state index in [2.05, 4.69) is 0 Å². The first-order valence-electron chi connectivity index (χ1n) is 6.05. The summed E-state index contributed by atoms with van der Waals surface area (Å²) in [4.78, 5) is 25.7. The zero-order chi connectivity index (χ0) is 14.2. The highest BCUT2D eigenvalue weighted by Crippen LogP contribution is 2.31. The van der Waals surface area contributed by atoms with Crippen molar-refractivity contribution >= 4 is 35.0 Å². The average Bonchev–Trinajstić information content (AvgIpc) is 3.12. The Kier molecular flexibility index (Phi) is 4.02. The minimum Gasteiger partial charge on any atom is -0.366 e. The van der Waals surface area contributed by atoms with E-state index in [0.717, 1.165) is 12.8 Å². The van der Waals surface area contributed by atoms with Crippen LogP contribution in [0.4, 0.5) is 0 Å². The third kappa shape index (κ3) is 2.85. The SMILES string of the molecule is CCN(C(=O)c1cc(Cl)cc(Cl)c1C(N)=O)C1CC1. The fraction of sp³-hybridized carbons (Fsp3) is 0.385. The van der Waals surface area contributed by atoms with E-state index in [-0.39, 0.29) is 28.1 Å². The van der Waals surface area contributed by atoms with Crippen molar-refractivity contribution in [2.24, 2.45) is 5.73 Å². The van der Waals surface area contributed by atoms with Crippen LogP contribution in [0.1, 0.15) is 40.5 Å². The van der Waals surface area contributed by atoms with Crippen LogP contribution in [-0.2, 0) is 0 Å². The fourth-order valence-electron chi connectivity index (χ4n) is 2.10. The Hall–Kier alpha value is -1.26. The smallest absolute Gasteiger partial charge is 0.255 e.